The third-order valence-electron chi connectivity index (χ3n) is 8.75. The minimum Gasteiger partial charge on any atom is -0.456 e. The van der Waals surface area contributed by atoms with Gasteiger partial charge in [-0.05, 0) is 77.9 Å². The standard InChI is InChI=1S/C42H28N2O/c1-4-14-29(15-5-1)30-26-38(42-35-21-10-12-22-37(35)44(39(42)27-30)32-18-8-3-9-19-32)43(31-16-6-2-7-17-31)33-24-25-41-36(28-33)34-20-11-13-23-40(34)45-41/h1-28H. The van der Waals surface area contributed by atoms with Crippen LogP contribution in [0.2, 0.25) is 0 Å². The second-order valence-corrected chi connectivity index (χ2v) is 11.4. The van der Waals surface area contributed by atoms with E-state index >= 15 is 0 Å². The molecule has 0 aliphatic heterocycles. The zero-order chi connectivity index (χ0) is 29.7. The summed E-state index contributed by atoms with van der Waals surface area (Å²) in [4.78, 5) is 2.40. The zero-order valence-corrected chi connectivity index (χ0v) is 24.5. The van der Waals surface area contributed by atoms with Gasteiger partial charge in [0, 0.05) is 38.6 Å². The van der Waals surface area contributed by atoms with Crippen molar-refractivity contribution in [2.75, 3.05) is 4.90 Å². The van der Waals surface area contributed by atoms with E-state index in [1.165, 1.54) is 21.9 Å². The van der Waals surface area contributed by atoms with Gasteiger partial charge in [-0.2, -0.15) is 0 Å². The Balaban J connectivity index is 1.42. The van der Waals surface area contributed by atoms with E-state index in [0.29, 0.717) is 0 Å². The first-order chi connectivity index (χ1) is 22.3. The summed E-state index contributed by atoms with van der Waals surface area (Å²) in [6, 6.07) is 60.3. The van der Waals surface area contributed by atoms with Gasteiger partial charge in [-0.15, -0.1) is 0 Å². The Hall–Kier alpha value is -6.06. The van der Waals surface area contributed by atoms with Crippen LogP contribution in [0.3, 0.4) is 0 Å². The highest BCUT2D eigenvalue weighted by Crippen LogP contribution is 2.46. The molecule has 0 saturated heterocycles. The second kappa shape index (κ2) is 10.3. The summed E-state index contributed by atoms with van der Waals surface area (Å²) >= 11 is 0. The van der Waals surface area contributed by atoms with Crippen LogP contribution in [0.15, 0.2) is 174 Å². The fourth-order valence-electron chi connectivity index (χ4n) is 6.76. The van der Waals surface area contributed by atoms with Crippen LogP contribution in [0.25, 0.3) is 60.6 Å². The monoisotopic (exact) mass is 576 g/mol. The molecule has 45 heavy (non-hydrogen) atoms. The molecule has 0 amide bonds. The van der Waals surface area contributed by atoms with Crippen molar-refractivity contribution in [1.82, 2.24) is 4.57 Å². The van der Waals surface area contributed by atoms with Crippen LogP contribution >= 0.6 is 0 Å². The lowest BCUT2D eigenvalue weighted by atomic mass is 10.00. The van der Waals surface area contributed by atoms with Crippen molar-refractivity contribution >= 4 is 60.8 Å². The molecule has 9 aromatic rings. The van der Waals surface area contributed by atoms with Crippen molar-refractivity contribution in [3.63, 3.8) is 0 Å². The normalized spacial score (nSPS) is 11.6. The van der Waals surface area contributed by atoms with E-state index in [1.54, 1.807) is 0 Å². The van der Waals surface area contributed by atoms with Gasteiger partial charge in [-0.25, -0.2) is 0 Å². The quantitative estimate of drug-likeness (QED) is 0.203. The first-order valence-electron chi connectivity index (χ1n) is 15.3. The average Bonchev–Trinajstić information content (AvgIpc) is 3.65. The molecule has 0 fully saturated rings. The number of para-hydroxylation sites is 4. The minimum absolute atomic E-state index is 0.886. The number of hydrogen-bond donors (Lipinski definition) is 0. The molecule has 3 nitrogen and oxygen atoms in total. The SMILES string of the molecule is c1ccc(-c2cc(N(c3ccccc3)c3ccc4oc5ccccc5c4c3)c3c4ccccc4n(-c4ccccc4)c3c2)cc1. The molecule has 0 atom stereocenters. The molecule has 0 radical (unpaired) electrons. The van der Waals surface area contributed by atoms with Crippen LogP contribution in [-0.2, 0) is 0 Å². The van der Waals surface area contributed by atoms with Gasteiger partial charge in [-0.3, -0.25) is 0 Å². The molecule has 0 spiro atoms. The van der Waals surface area contributed by atoms with Crippen LogP contribution in [0.1, 0.15) is 0 Å². The maximum absolute atomic E-state index is 6.23. The Morgan fingerprint density at radius 1 is 0.422 bits per heavy atom. The van der Waals surface area contributed by atoms with Crippen molar-refractivity contribution in [3.8, 4) is 16.8 Å². The number of rotatable bonds is 5. The van der Waals surface area contributed by atoms with E-state index in [-0.39, 0.29) is 0 Å². The van der Waals surface area contributed by atoms with Gasteiger partial charge in [0.1, 0.15) is 11.2 Å². The molecule has 0 unspecified atom stereocenters. The largest absolute Gasteiger partial charge is 0.456 e. The molecule has 0 N–H and O–H groups in total. The Morgan fingerprint density at radius 2 is 1.07 bits per heavy atom. The van der Waals surface area contributed by atoms with E-state index in [9.17, 15) is 0 Å². The summed E-state index contributed by atoms with van der Waals surface area (Å²) in [5, 5.41) is 4.63. The van der Waals surface area contributed by atoms with E-state index in [0.717, 1.165) is 55.8 Å². The fourth-order valence-corrected chi connectivity index (χ4v) is 6.76. The molecule has 9 rings (SSSR count). The molecule has 0 bridgehead atoms. The van der Waals surface area contributed by atoms with E-state index in [4.69, 9.17) is 4.42 Å². The second-order valence-electron chi connectivity index (χ2n) is 11.4. The van der Waals surface area contributed by atoms with Crippen molar-refractivity contribution < 1.29 is 4.42 Å². The number of nitrogens with zero attached hydrogens (tertiary/aromatic N) is 2. The Kier molecular flexibility index (Phi) is 5.82. The van der Waals surface area contributed by atoms with Gasteiger partial charge in [0.25, 0.3) is 0 Å². The third kappa shape index (κ3) is 4.13. The number of benzene rings is 7. The Bertz CT molecular complexity index is 2470. The molecular formula is C42H28N2O. The molecule has 2 heterocycles. The van der Waals surface area contributed by atoms with E-state index in [1.807, 2.05) is 12.1 Å². The summed E-state index contributed by atoms with van der Waals surface area (Å²) in [5.74, 6) is 0. The number of anilines is 3. The molecule has 7 aromatic carbocycles. The number of hydrogen-bond acceptors (Lipinski definition) is 2. The first kappa shape index (κ1) is 25.4. The van der Waals surface area contributed by atoms with Crippen LogP contribution in [0.5, 0.6) is 0 Å². The lowest BCUT2D eigenvalue weighted by Crippen LogP contribution is -2.10. The van der Waals surface area contributed by atoms with Gasteiger partial charge in [-0.1, -0.05) is 103 Å². The molecule has 0 saturated carbocycles. The van der Waals surface area contributed by atoms with Crippen molar-refractivity contribution in [1.29, 1.82) is 0 Å². The predicted molar refractivity (Wildman–Crippen MR) is 188 cm³/mol. The summed E-state index contributed by atoms with van der Waals surface area (Å²) in [6.07, 6.45) is 0. The zero-order valence-electron chi connectivity index (χ0n) is 24.5. The summed E-state index contributed by atoms with van der Waals surface area (Å²) < 4.78 is 8.63. The number of aromatic nitrogens is 1. The lowest BCUT2D eigenvalue weighted by Gasteiger charge is -2.27. The summed E-state index contributed by atoms with van der Waals surface area (Å²) in [6.45, 7) is 0. The van der Waals surface area contributed by atoms with Gasteiger partial charge in [0.05, 0.1) is 16.7 Å². The molecule has 212 valence electrons. The lowest BCUT2D eigenvalue weighted by molar-refractivity contribution is 0.669. The minimum atomic E-state index is 0.886. The summed E-state index contributed by atoms with van der Waals surface area (Å²) in [7, 11) is 0. The maximum atomic E-state index is 6.23. The summed E-state index contributed by atoms with van der Waals surface area (Å²) in [5.41, 5.74) is 10.9. The highest BCUT2D eigenvalue weighted by atomic mass is 16.3. The first-order valence-corrected chi connectivity index (χ1v) is 15.3. The highest BCUT2D eigenvalue weighted by molar-refractivity contribution is 6.18. The molecule has 0 aliphatic rings. The smallest absolute Gasteiger partial charge is 0.135 e. The van der Waals surface area contributed by atoms with Crippen LogP contribution in [0, 0.1) is 0 Å². The van der Waals surface area contributed by atoms with Gasteiger partial charge >= 0.3 is 0 Å². The van der Waals surface area contributed by atoms with Crippen LogP contribution in [-0.4, -0.2) is 4.57 Å². The van der Waals surface area contributed by atoms with Gasteiger partial charge < -0.3 is 13.9 Å². The fraction of sp³-hybridized carbons (Fsp3) is 0. The topological polar surface area (TPSA) is 21.3 Å². The van der Waals surface area contributed by atoms with Gasteiger partial charge in [0.2, 0.25) is 0 Å². The van der Waals surface area contributed by atoms with Crippen molar-refractivity contribution in [3.05, 3.63) is 170 Å². The van der Waals surface area contributed by atoms with Crippen molar-refractivity contribution in [2.45, 2.75) is 0 Å². The highest BCUT2D eigenvalue weighted by Gasteiger charge is 2.23. The van der Waals surface area contributed by atoms with E-state index < -0.39 is 0 Å². The molecule has 3 heteroatoms. The number of furan rings is 1. The molecule has 0 aliphatic carbocycles. The van der Waals surface area contributed by atoms with Crippen LogP contribution < -0.4 is 4.90 Å². The molecular weight excluding hydrogens is 548 g/mol. The van der Waals surface area contributed by atoms with Crippen molar-refractivity contribution in [2.24, 2.45) is 0 Å². The van der Waals surface area contributed by atoms with Gasteiger partial charge in [0.15, 0.2) is 0 Å². The molecule has 2 aromatic heterocycles. The number of fused-ring (bicyclic) bond motifs is 6. The van der Waals surface area contributed by atoms with Crippen LogP contribution in [0.4, 0.5) is 17.1 Å². The third-order valence-corrected chi connectivity index (χ3v) is 8.75. The Morgan fingerprint density at radius 3 is 1.87 bits per heavy atom. The van der Waals surface area contributed by atoms with E-state index in [2.05, 4.69) is 167 Å². The average molecular weight is 577 g/mol. The predicted octanol–water partition coefficient (Wildman–Crippen LogP) is 11.8. The maximum Gasteiger partial charge on any atom is 0.135 e. The Labute approximate surface area is 260 Å².